The van der Waals surface area contributed by atoms with Gasteiger partial charge in [0.15, 0.2) is 0 Å². The molecule has 1 unspecified atom stereocenters. The summed E-state index contributed by atoms with van der Waals surface area (Å²) in [6.45, 7) is 0. The molecule has 194 valence electrons. The van der Waals surface area contributed by atoms with Gasteiger partial charge in [0.05, 0.1) is 18.4 Å². The normalized spacial score (nSPS) is 11.9. The van der Waals surface area contributed by atoms with Crippen LogP contribution in [0.1, 0.15) is 26.7 Å². The van der Waals surface area contributed by atoms with Gasteiger partial charge < -0.3 is 15.4 Å². The van der Waals surface area contributed by atoms with Crippen molar-refractivity contribution in [1.29, 1.82) is 0 Å². The molecule has 0 aliphatic heterocycles. The molecule has 0 aliphatic carbocycles. The van der Waals surface area contributed by atoms with E-state index in [0.717, 1.165) is 17.8 Å². The molecule has 0 saturated carbocycles. The van der Waals surface area contributed by atoms with Crippen molar-refractivity contribution in [3.8, 4) is 5.75 Å². The van der Waals surface area contributed by atoms with Crippen LogP contribution in [0.5, 0.6) is 5.75 Å². The molecule has 5 nitrogen and oxygen atoms in total. The number of carbonyl (C=O) groups excluding carboxylic acids is 2. The second-order valence-electron chi connectivity index (χ2n) is 8.15. The maximum atomic E-state index is 13.5. The second-order valence-corrected chi connectivity index (χ2v) is 9.33. The highest BCUT2D eigenvalue weighted by Crippen LogP contribution is 2.39. The Labute approximate surface area is 222 Å². The fraction of sp³-hybridized carbons (Fsp3) is 0.103. The van der Waals surface area contributed by atoms with E-state index in [1.165, 1.54) is 25.3 Å². The lowest BCUT2D eigenvalue weighted by atomic mass is 10.1. The summed E-state index contributed by atoms with van der Waals surface area (Å²) in [5.41, 5.74) is 0.326. The predicted molar refractivity (Wildman–Crippen MR) is 143 cm³/mol. The number of alkyl halides is 3. The fourth-order valence-electron chi connectivity index (χ4n) is 3.67. The average molecular weight is 537 g/mol. The van der Waals surface area contributed by atoms with Crippen molar-refractivity contribution in [2.24, 2.45) is 0 Å². The van der Waals surface area contributed by atoms with Gasteiger partial charge in [-0.15, -0.1) is 11.8 Å². The zero-order valence-electron chi connectivity index (χ0n) is 20.2. The van der Waals surface area contributed by atoms with Crippen LogP contribution in [0.25, 0.3) is 0 Å². The first-order chi connectivity index (χ1) is 18.2. The van der Waals surface area contributed by atoms with Crippen molar-refractivity contribution >= 4 is 35.0 Å². The van der Waals surface area contributed by atoms with Crippen molar-refractivity contribution in [2.75, 3.05) is 17.7 Å². The minimum Gasteiger partial charge on any atom is -0.497 e. The van der Waals surface area contributed by atoms with Gasteiger partial charge in [0.25, 0.3) is 5.91 Å². The van der Waals surface area contributed by atoms with Gasteiger partial charge in [0.1, 0.15) is 11.0 Å². The largest absolute Gasteiger partial charge is 0.497 e. The molecule has 38 heavy (non-hydrogen) atoms. The SMILES string of the molecule is COc1ccc(C(=O)Nc2cccc(SC(C(=O)Nc3ccccc3C(F)(F)F)c3ccccc3)c2)cc1. The highest BCUT2D eigenvalue weighted by Gasteiger charge is 2.34. The van der Waals surface area contributed by atoms with Crippen molar-refractivity contribution in [1.82, 2.24) is 0 Å². The Bertz CT molecular complexity index is 1410. The summed E-state index contributed by atoms with van der Waals surface area (Å²) in [5, 5.41) is 4.42. The molecule has 4 aromatic carbocycles. The van der Waals surface area contributed by atoms with E-state index in [-0.39, 0.29) is 11.6 Å². The number of hydrogen-bond donors (Lipinski definition) is 2. The van der Waals surface area contributed by atoms with Crippen LogP contribution >= 0.6 is 11.8 Å². The van der Waals surface area contributed by atoms with E-state index in [4.69, 9.17) is 4.74 Å². The Hall–Kier alpha value is -4.24. The maximum Gasteiger partial charge on any atom is 0.418 e. The second kappa shape index (κ2) is 11.9. The minimum absolute atomic E-state index is 0.313. The number of para-hydroxylation sites is 1. The summed E-state index contributed by atoms with van der Waals surface area (Å²) in [7, 11) is 1.54. The lowest BCUT2D eigenvalue weighted by Crippen LogP contribution is -2.21. The van der Waals surface area contributed by atoms with Gasteiger partial charge in [-0.2, -0.15) is 13.2 Å². The number of hydrogen-bond acceptors (Lipinski definition) is 4. The fourth-order valence-corrected chi connectivity index (χ4v) is 4.75. The molecule has 0 bridgehead atoms. The molecule has 4 aromatic rings. The molecular weight excluding hydrogens is 513 g/mol. The molecule has 1 atom stereocenters. The third-order valence-corrected chi connectivity index (χ3v) is 6.78. The average Bonchev–Trinajstić information content (AvgIpc) is 2.92. The van der Waals surface area contributed by atoms with Gasteiger partial charge in [-0.1, -0.05) is 48.5 Å². The van der Waals surface area contributed by atoms with Gasteiger partial charge >= 0.3 is 6.18 Å². The Morgan fingerprint density at radius 1 is 0.816 bits per heavy atom. The number of methoxy groups -OCH3 is 1. The number of thioether (sulfide) groups is 1. The quantitative estimate of drug-likeness (QED) is 0.230. The van der Waals surface area contributed by atoms with E-state index in [1.54, 1.807) is 78.9 Å². The molecule has 0 spiro atoms. The topological polar surface area (TPSA) is 67.4 Å². The minimum atomic E-state index is -4.62. The Kier molecular flexibility index (Phi) is 8.38. The number of nitrogens with one attached hydrogen (secondary N) is 2. The summed E-state index contributed by atoms with van der Waals surface area (Å²) in [6.07, 6.45) is -4.62. The van der Waals surface area contributed by atoms with Crippen LogP contribution in [-0.4, -0.2) is 18.9 Å². The highest BCUT2D eigenvalue weighted by molar-refractivity contribution is 8.00. The van der Waals surface area contributed by atoms with Crippen molar-refractivity contribution in [3.05, 3.63) is 120 Å². The van der Waals surface area contributed by atoms with Crippen LogP contribution in [0.15, 0.2) is 108 Å². The molecule has 2 N–H and O–H groups in total. The molecule has 2 amide bonds. The van der Waals surface area contributed by atoms with Gasteiger partial charge in [0, 0.05) is 16.1 Å². The number of anilines is 2. The van der Waals surface area contributed by atoms with Crippen molar-refractivity contribution < 1.29 is 27.5 Å². The first kappa shape index (κ1) is 26.8. The zero-order chi connectivity index (χ0) is 27.1. The van der Waals surface area contributed by atoms with E-state index in [1.807, 2.05) is 0 Å². The lowest BCUT2D eigenvalue weighted by molar-refractivity contribution is -0.137. The number of amides is 2. The van der Waals surface area contributed by atoms with Gasteiger partial charge in [-0.25, -0.2) is 0 Å². The molecule has 0 radical (unpaired) electrons. The maximum absolute atomic E-state index is 13.5. The van der Waals surface area contributed by atoms with Crippen molar-refractivity contribution in [2.45, 2.75) is 16.3 Å². The van der Waals surface area contributed by atoms with Crippen molar-refractivity contribution in [3.63, 3.8) is 0 Å². The monoisotopic (exact) mass is 536 g/mol. The summed E-state index contributed by atoms with van der Waals surface area (Å²) in [6, 6.07) is 27.2. The molecule has 0 fully saturated rings. The van der Waals surface area contributed by atoms with Crippen LogP contribution in [0.4, 0.5) is 24.5 Å². The summed E-state index contributed by atoms with van der Waals surface area (Å²) in [4.78, 5) is 26.6. The molecule has 0 saturated heterocycles. The Balaban J connectivity index is 1.56. The number of carbonyl (C=O) groups is 2. The molecule has 0 aliphatic rings. The highest BCUT2D eigenvalue weighted by atomic mass is 32.2. The van der Waals surface area contributed by atoms with E-state index in [0.29, 0.717) is 27.5 Å². The summed E-state index contributed by atoms with van der Waals surface area (Å²) < 4.78 is 45.6. The Morgan fingerprint density at radius 2 is 1.50 bits per heavy atom. The molecule has 0 heterocycles. The number of ether oxygens (including phenoxy) is 1. The molecule has 9 heteroatoms. The third-order valence-electron chi connectivity index (χ3n) is 5.53. The standard InChI is InChI=1S/C29H23F3N2O3S/c1-37-22-16-14-20(15-17-22)27(35)33-21-10-7-11-23(18-21)38-26(19-8-3-2-4-9-19)28(36)34-25-13-6-5-12-24(25)29(30,31)32/h2-18,26H,1H3,(H,33,35)(H,34,36). The third kappa shape index (κ3) is 6.74. The number of rotatable bonds is 8. The van der Waals surface area contributed by atoms with Gasteiger partial charge in [0.2, 0.25) is 5.91 Å². The smallest absolute Gasteiger partial charge is 0.418 e. The van der Waals surface area contributed by atoms with Crippen LogP contribution in [-0.2, 0) is 11.0 Å². The lowest BCUT2D eigenvalue weighted by Gasteiger charge is -2.19. The first-order valence-electron chi connectivity index (χ1n) is 11.5. The predicted octanol–water partition coefficient (Wildman–Crippen LogP) is 7.44. The zero-order valence-corrected chi connectivity index (χ0v) is 21.0. The van der Waals surface area contributed by atoms with E-state index in [9.17, 15) is 22.8 Å². The van der Waals surface area contributed by atoms with Gasteiger partial charge in [-0.3, -0.25) is 9.59 Å². The molecule has 4 rings (SSSR count). The first-order valence-corrected chi connectivity index (χ1v) is 12.4. The summed E-state index contributed by atoms with van der Waals surface area (Å²) >= 11 is 1.16. The van der Waals surface area contributed by atoms with Crippen LogP contribution in [0.2, 0.25) is 0 Å². The Morgan fingerprint density at radius 3 is 2.18 bits per heavy atom. The van der Waals surface area contributed by atoms with Crippen LogP contribution in [0.3, 0.4) is 0 Å². The number of benzene rings is 4. The molecule has 0 aromatic heterocycles. The van der Waals surface area contributed by atoms with Gasteiger partial charge in [-0.05, 0) is 60.2 Å². The van der Waals surface area contributed by atoms with E-state index >= 15 is 0 Å². The van der Waals surface area contributed by atoms with E-state index < -0.39 is 22.9 Å². The van der Waals surface area contributed by atoms with Crippen LogP contribution in [0, 0.1) is 0 Å². The van der Waals surface area contributed by atoms with E-state index in [2.05, 4.69) is 10.6 Å². The van der Waals surface area contributed by atoms with Crippen LogP contribution < -0.4 is 15.4 Å². The molecular formula is C29H23F3N2O3S. The summed E-state index contributed by atoms with van der Waals surface area (Å²) in [5.74, 6) is -0.301. The number of halogens is 3.